The zero-order valence-corrected chi connectivity index (χ0v) is 21.0. The Morgan fingerprint density at radius 3 is 2.40 bits per heavy atom. The van der Waals surface area contributed by atoms with Gasteiger partial charge in [-0.25, -0.2) is 0 Å². The molecule has 0 atom stereocenters. The van der Waals surface area contributed by atoms with Gasteiger partial charge in [-0.3, -0.25) is 4.79 Å². The SMILES string of the molecule is CC1CCN(c2ccc(-c3noc(CCC(=O)N4CCN(c5cccc(Cl)c5)CC4)n3)cc2)CC1. The van der Waals surface area contributed by atoms with Crippen LogP contribution < -0.4 is 9.80 Å². The second-order valence-electron chi connectivity index (χ2n) is 9.58. The standard InChI is InChI=1S/C27H32ClN5O2/c1-20-11-13-31(14-12-20)23-7-5-21(6-8-23)27-29-25(35-30-27)9-10-26(34)33-17-15-32(16-18-33)24-4-2-3-22(28)19-24/h2-8,19-20H,9-18H2,1H3. The smallest absolute Gasteiger partial charge is 0.227 e. The van der Waals surface area contributed by atoms with Crippen molar-refractivity contribution in [1.29, 1.82) is 0 Å². The van der Waals surface area contributed by atoms with Crippen LogP contribution in [0.15, 0.2) is 53.1 Å². The Labute approximate surface area is 211 Å². The zero-order valence-electron chi connectivity index (χ0n) is 20.2. The van der Waals surface area contributed by atoms with Gasteiger partial charge >= 0.3 is 0 Å². The summed E-state index contributed by atoms with van der Waals surface area (Å²) < 4.78 is 5.44. The van der Waals surface area contributed by atoms with Gasteiger partial charge in [0.05, 0.1) is 0 Å². The molecule has 3 aromatic rings. The summed E-state index contributed by atoms with van der Waals surface area (Å²) in [5, 5.41) is 4.87. The number of halogens is 1. The normalized spacial score (nSPS) is 17.1. The highest BCUT2D eigenvalue weighted by atomic mass is 35.5. The number of aromatic nitrogens is 2. The van der Waals surface area contributed by atoms with Gasteiger partial charge in [0.2, 0.25) is 17.6 Å². The molecule has 5 rings (SSSR count). The fourth-order valence-electron chi connectivity index (χ4n) is 4.82. The van der Waals surface area contributed by atoms with Crippen LogP contribution in [0.3, 0.4) is 0 Å². The summed E-state index contributed by atoms with van der Waals surface area (Å²) in [4.78, 5) is 23.9. The van der Waals surface area contributed by atoms with Gasteiger partial charge in [-0.05, 0) is 61.2 Å². The fraction of sp³-hybridized carbons (Fsp3) is 0.444. The number of benzene rings is 2. The largest absolute Gasteiger partial charge is 0.372 e. The Hall–Kier alpha value is -3.06. The fourth-order valence-corrected chi connectivity index (χ4v) is 5.01. The summed E-state index contributed by atoms with van der Waals surface area (Å²) in [5.74, 6) is 2.01. The van der Waals surface area contributed by atoms with E-state index in [2.05, 4.69) is 45.1 Å². The van der Waals surface area contributed by atoms with Gasteiger partial charge in [0.15, 0.2) is 0 Å². The quantitative estimate of drug-likeness (QED) is 0.486. The molecule has 0 spiro atoms. The monoisotopic (exact) mass is 493 g/mol. The van der Waals surface area contributed by atoms with Crippen molar-refractivity contribution < 1.29 is 9.32 Å². The summed E-state index contributed by atoms with van der Waals surface area (Å²) >= 11 is 6.11. The number of anilines is 2. The van der Waals surface area contributed by atoms with E-state index >= 15 is 0 Å². The van der Waals surface area contributed by atoms with Crippen LogP contribution in [0.25, 0.3) is 11.4 Å². The number of hydrogen-bond donors (Lipinski definition) is 0. The van der Waals surface area contributed by atoms with Crippen molar-refractivity contribution in [2.24, 2.45) is 5.92 Å². The molecule has 2 aliphatic heterocycles. The van der Waals surface area contributed by atoms with E-state index in [0.717, 1.165) is 48.4 Å². The van der Waals surface area contributed by atoms with E-state index in [0.29, 0.717) is 37.6 Å². The van der Waals surface area contributed by atoms with Crippen LogP contribution in [0.5, 0.6) is 0 Å². The van der Waals surface area contributed by atoms with E-state index in [4.69, 9.17) is 16.1 Å². The van der Waals surface area contributed by atoms with Crippen molar-refractivity contribution in [3.8, 4) is 11.4 Å². The second kappa shape index (κ2) is 10.7. The predicted molar refractivity (Wildman–Crippen MR) is 139 cm³/mol. The third-order valence-electron chi connectivity index (χ3n) is 7.10. The predicted octanol–water partition coefficient (Wildman–Crippen LogP) is 4.91. The van der Waals surface area contributed by atoms with Crippen molar-refractivity contribution in [2.75, 3.05) is 49.1 Å². The van der Waals surface area contributed by atoms with Crippen LogP contribution in [-0.2, 0) is 11.2 Å². The first-order valence-corrected chi connectivity index (χ1v) is 12.9. The molecule has 0 unspecified atom stereocenters. The Kier molecular flexibility index (Phi) is 7.23. The Bertz CT molecular complexity index is 1130. The Balaban J connectivity index is 1.10. The lowest BCUT2D eigenvalue weighted by Gasteiger charge is -2.36. The van der Waals surface area contributed by atoms with Gasteiger partial charge in [0, 0.05) is 74.1 Å². The third-order valence-corrected chi connectivity index (χ3v) is 7.34. The molecule has 35 heavy (non-hydrogen) atoms. The molecule has 1 aromatic heterocycles. The Morgan fingerprint density at radius 2 is 1.69 bits per heavy atom. The van der Waals surface area contributed by atoms with E-state index in [1.807, 2.05) is 35.2 Å². The first-order chi connectivity index (χ1) is 17.0. The summed E-state index contributed by atoms with van der Waals surface area (Å²) in [7, 11) is 0. The zero-order chi connectivity index (χ0) is 24.2. The van der Waals surface area contributed by atoms with E-state index in [1.165, 1.54) is 18.5 Å². The van der Waals surface area contributed by atoms with Crippen LogP contribution in [0.2, 0.25) is 5.02 Å². The summed E-state index contributed by atoms with van der Waals surface area (Å²) in [5.41, 5.74) is 3.27. The summed E-state index contributed by atoms with van der Waals surface area (Å²) in [6.45, 7) is 7.52. The first kappa shape index (κ1) is 23.7. The van der Waals surface area contributed by atoms with Gasteiger partial charge in [-0.1, -0.05) is 29.7 Å². The molecule has 2 fully saturated rings. The van der Waals surface area contributed by atoms with Crippen LogP contribution in [0.1, 0.15) is 32.1 Å². The third kappa shape index (κ3) is 5.78. The first-order valence-electron chi connectivity index (χ1n) is 12.5. The van der Waals surface area contributed by atoms with Crippen molar-refractivity contribution in [2.45, 2.75) is 32.6 Å². The van der Waals surface area contributed by atoms with Crippen LogP contribution in [-0.4, -0.2) is 60.2 Å². The van der Waals surface area contributed by atoms with Gasteiger partial charge in [0.1, 0.15) is 0 Å². The molecule has 0 saturated carbocycles. The van der Waals surface area contributed by atoms with E-state index < -0.39 is 0 Å². The lowest BCUT2D eigenvalue weighted by atomic mass is 9.98. The number of rotatable bonds is 6. The number of nitrogens with zero attached hydrogens (tertiary/aromatic N) is 5. The highest BCUT2D eigenvalue weighted by Gasteiger charge is 2.22. The lowest BCUT2D eigenvalue weighted by molar-refractivity contribution is -0.131. The van der Waals surface area contributed by atoms with Crippen LogP contribution in [0.4, 0.5) is 11.4 Å². The van der Waals surface area contributed by atoms with Crippen LogP contribution >= 0.6 is 11.6 Å². The molecule has 184 valence electrons. The topological polar surface area (TPSA) is 65.7 Å². The number of carbonyl (C=O) groups excluding carboxylic acids is 1. The molecule has 0 N–H and O–H groups in total. The molecule has 3 heterocycles. The van der Waals surface area contributed by atoms with Crippen molar-refractivity contribution >= 4 is 28.9 Å². The van der Waals surface area contributed by atoms with E-state index in [-0.39, 0.29) is 5.91 Å². The molecule has 2 saturated heterocycles. The molecule has 1 amide bonds. The number of aryl methyl sites for hydroxylation is 1. The molecule has 8 heteroatoms. The molecule has 0 aliphatic carbocycles. The molecule has 0 bridgehead atoms. The molecular formula is C27H32ClN5O2. The highest BCUT2D eigenvalue weighted by molar-refractivity contribution is 6.30. The van der Waals surface area contributed by atoms with Crippen molar-refractivity contribution in [1.82, 2.24) is 15.0 Å². The second-order valence-corrected chi connectivity index (χ2v) is 10.0. The molecule has 2 aliphatic rings. The molecule has 0 radical (unpaired) electrons. The molecular weight excluding hydrogens is 462 g/mol. The van der Waals surface area contributed by atoms with Crippen molar-refractivity contribution in [3.63, 3.8) is 0 Å². The van der Waals surface area contributed by atoms with Gasteiger partial charge < -0.3 is 19.2 Å². The van der Waals surface area contributed by atoms with E-state index in [1.54, 1.807) is 0 Å². The Morgan fingerprint density at radius 1 is 0.971 bits per heavy atom. The number of piperidine rings is 1. The average Bonchev–Trinajstić information content (AvgIpc) is 3.37. The minimum absolute atomic E-state index is 0.121. The number of amides is 1. The lowest BCUT2D eigenvalue weighted by Crippen LogP contribution is -2.48. The van der Waals surface area contributed by atoms with Crippen molar-refractivity contribution in [3.05, 3.63) is 59.4 Å². The van der Waals surface area contributed by atoms with Gasteiger partial charge in [-0.15, -0.1) is 0 Å². The number of hydrogen-bond acceptors (Lipinski definition) is 6. The summed E-state index contributed by atoms with van der Waals surface area (Å²) in [6.07, 6.45) is 3.30. The maximum atomic E-state index is 12.7. The van der Waals surface area contributed by atoms with Gasteiger partial charge in [0.25, 0.3) is 0 Å². The van der Waals surface area contributed by atoms with Crippen LogP contribution in [0, 0.1) is 5.92 Å². The average molecular weight is 494 g/mol. The number of carbonyl (C=O) groups is 1. The molecule has 7 nitrogen and oxygen atoms in total. The highest BCUT2D eigenvalue weighted by Crippen LogP contribution is 2.26. The minimum Gasteiger partial charge on any atom is -0.372 e. The maximum absolute atomic E-state index is 12.7. The maximum Gasteiger partial charge on any atom is 0.227 e. The number of piperazine rings is 1. The minimum atomic E-state index is 0.121. The summed E-state index contributed by atoms with van der Waals surface area (Å²) in [6, 6.07) is 16.2. The van der Waals surface area contributed by atoms with E-state index in [9.17, 15) is 4.79 Å². The molecule has 2 aromatic carbocycles. The van der Waals surface area contributed by atoms with Gasteiger partial charge in [-0.2, -0.15) is 4.98 Å².